The fraction of sp³-hybridized carbons (Fsp3) is 0.462. The standard InChI is InChI=1S/C13H20N2O3/c1-4-10(2)15-13(16)14-9-18-12-8-6-5-7-11(12)17-3/h5-8,10H,4,9H2,1-3H3,(H2,14,15,16). The minimum Gasteiger partial charge on any atom is -0.493 e. The topological polar surface area (TPSA) is 59.6 Å². The number of rotatable bonds is 6. The Morgan fingerprint density at radius 3 is 2.61 bits per heavy atom. The molecule has 0 aliphatic carbocycles. The van der Waals surface area contributed by atoms with Crippen LogP contribution in [0.3, 0.4) is 0 Å². The third-order valence-corrected chi connectivity index (χ3v) is 2.52. The Hall–Kier alpha value is -1.91. The van der Waals surface area contributed by atoms with E-state index < -0.39 is 0 Å². The van der Waals surface area contributed by atoms with Crippen LogP contribution in [0.4, 0.5) is 4.79 Å². The molecule has 1 aromatic rings. The van der Waals surface area contributed by atoms with E-state index in [2.05, 4.69) is 10.6 Å². The van der Waals surface area contributed by atoms with Gasteiger partial charge in [-0.2, -0.15) is 0 Å². The molecule has 2 amide bonds. The molecule has 0 fully saturated rings. The van der Waals surface area contributed by atoms with Gasteiger partial charge in [-0.3, -0.25) is 0 Å². The maximum atomic E-state index is 11.4. The van der Waals surface area contributed by atoms with Gasteiger partial charge in [0.15, 0.2) is 18.2 Å². The Balaban J connectivity index is 2.35. The Bertz CT molecular complexity index is 382. The molecule has 100 valence electrons. The molecule has 0 aliphatic rings. The van der Waals surface area contributed by atoms with Gasteiger partial charge in [-0.15, -0.1) is 0 Å². The fourth-order valence-corrected chi connectivity index (χ4v) is 1.29. The second kappa shape index (κ2) is 7.42. The number of amides is 2. The van der Waals surface area contributed by atoms with Crippen molar-refractivity contribution < 1.29 is 14.3 Å². The van der Waals surface area contributed by atoms with Crippen LogP contribution in [-0.2, 0) is 0 Å². The second-order valence-electron chi connectivity index (χ2n) is 3.90. The summed E-state index contributed by atoms with van der Waals surface area (Å²) in [4.78, 5) is 11.4. The van der Waals surface area contributed by atoms with Crippen LogP contribution in [0.5, 0.6) is 11.5 Å². The highest BCUT2D eigenvalue weighted by molar-refractivity contribution is 5.73. The number of carbonyl (C=O) groups excluding carboxylic acids is 1. The van der Waals surface area contributed by atoms with Gasteiger partial charge in [-0.1, -0.05) is 19.1 Å². The molecule has 5 nitrogen and oxygen atoms in total. The van der Waals surface area contributed by atoms with Gasteiger partial charge in [0.05, 0.1) is 7.11 Å². The van der Waals surface area contributed by atoms with Gasteiger partial charge >= 0.3 is 6.03 Å². The van der Waals surface area contributed by atoms with Gasteiger partial charge in [0.2, 0.25) is 0 Å². The van der Waals surface area contributed by atoms with Crippen molar-refractivity contribution in [3.05, 3.63) is 24.3 Å². The van der Waals surface area contributed by atoms with E-state index in [1.165, 1.54) is 0 Å². The highest BCUT2D eigenvalue weighted by Crippen LogP contribution is 2.25. The Morgan fingerprint density at radius 2 is 2.00 bits per heavy atom. The van der Waals surface area contributed by atoms with E-state index in [4.69, 9.17) is 9.47 Å². The van der Waals surface area contributed by atoms with Crippen LogP contribution >= 0.6 is 0 Å². The van der Waals surface area contributed by atoms with Gasteiger partial charge in [0, 0.05) is 6.04 Å². The summed E-state index contributed by atoms with van der Waals surface area (Å²) < 4.78 is 10.5. The average molecular weight is 252 g/mol. The summed E-state index contributed by atoms with van der Waals surface area (Å²) in [5.74, 6) is 1.24. The van der Waals surface area contributed by atoms with Crippen molar-refractivity contribution in [1.29, 1.82) is 0 Å². The highest BCUT2D eigenvalue weighted by Gasteiger charge is 2.05. The zero-order valence-corrected chi connectivity index (χ0v) is 11.0. The van der Waals surface area contributed by atoms with E-state index in [9.17, 15) is 4.79 Å². The predicted octanol–water partition coefficient (Wildman–Crippen LogP) is 2.13. The van der Waals surface area contributed by atoms with Crippen molar-refractivity contribution in [2.24, 2.45) is 0 Å². The molecule has 1 rings (SSSR count). The second-order valence-corrected chi connectivity index (χ2v) is 3.90. The Kier molecular flexibility index (Phi) is 5.84. The summed E-state index contributed by atoms with van der Waals surface area (Å²) in [5, 5.41) is 5.40. The molecular formula is C13H20N2O3. The number of para-hydroxylation sites is 2. The summed E-state index contributed by atoms with van der Waals surface area (Å²) in [6, 6.07) is 7.20. The lowest BCUT2D eigenvalue weighted by molar-refractivity contribution is 0.218. The first-order valence-electron chi connectivity index (χ1n) is 5.97. The summed E-state index contributed by atoms with van der Waals surface area (Å²) in [5.41, 5.74) is 0. The number of urea groups is 1. The molecule has 0 spiro atoms. The lowest BCUT2D eigenvalue weighted by atomic mass is 10.3. The van der Waals surface area contributed by atoms with Crippen molar-refractivity contribution in [2.75, 3.05) is 13.8 Å². The van der Waals surface area contributed by atoms with E-state index in [1.807, 2.05) is 26.0 Å². The number of benzene rings is 1. The van der Waals surface area contributed by atoms with Crippen LogP contribution in [0, 0.1) is 0 Å². The first-order valence-corrected chi connectivity index (χ1v) is 5.97. The Morgan fingerprint density at radius 1 is 1.33 bits per heavy atom. The molecule has 0 saturated heterocycles. The van der Waals surface area contributed by atoms with Crippen molar-refractivity contribution in [1.82, 2.24) is 10.6 Å². The van der Waals surface area contributed by atoms with Crippen LogP contribution in [0.15, 0.2) is 24.3 Å². The molecule has 0 aliphatic heterocycles. The monoisotopic (exact) mass is 252 g/mol. The molecule has 0 heterocycles. The minimum absolute atomic E-state index is 0.0998. The van der Waals surface area contributed by atoms with Crippen LogP contribution in [0.2, 0.25) is 0 Å². The molecule has 1 unspecified atom stereocenters. The van der Waals surface area contributed by atoms with Crippen molar-refractivity contribution >= 4 is 6.03 Å². The number of hydrogen-bond donors (Lipinski definition) is 2. The number of methoxy groups -OCH3 is 1. The van der Waals surface area contributed by atoms with E-state index >= 15 is 0 Å². The fourth-order valence-electron chi connectivity index (χ4n) is 1.29. The summed E-state index contributed by atoms with van der Waals surface area (Å²) in [6.07, 6.45) is 0.890. The van der Waals surface area contributed by atoms with Gasteiger partial charge in [-0.05, 0) is 25.5 Å². The Labute approximate surface area is 107 Å². The third-order valence-electron chi connectivity index (χ3n) is 2.52. The zero-order chi connectivity index (χ0) is 13.4. The SMILES string of the molecule is CCC(C)NC(=O)NCOc1ccccc1OC. The molecule has 5 heteroatoms. The van der Waals surface area contributed by atoms with Crippen LogP contribution < -0.4 is 20.1 Å². The first kappa shape index (κ1) is 14.2. The molecule has 2 N–H and O–H groups in total. The molecular weight excluding hydrogens is 232 g/mol. The first-order chi connectivity index (χ1) is 8.67. The van der Waals surface area contributed by atoms with Gasteiger partial charge < -0.3 is 20.1 Å². The van der Waals surface area contributed by atoms with Crippen molar-refractivity contribution in [3.63, 3.8) is 0 Å². The maximum absolute atomic E-state index is 11.4. The minimum atomic E-state index is -0.237. The number of hydrogen-bond acceptors (Lipinski definition) is 3. The van der Waals surface area contributed by atoms with Gasteiger partial charge in [-0.25, -0.2) is 4.79 Å². The molecule has 1 aromatic carbocycles. The van der Waals surface area contributed by atoms with Gasteiger partial charge in [0.1, 0.15) is 0 Å². The molecule has 18 heavy (non-hydrogen) atoms. The van der Waals surface area contributed by atoms with Crippen molar-refractivity contribution in [3.8, 4) is 11.5 Å². The van der Waals surface area contributed by atoms with Crippen LogP contribution in [0.25, 0.3) is 0 Å². The molecule has 0 aromatic heterocycles. The largest absolute Gasteiger partial charge is 0.493 e. The van der Waals surface area contributed by atoms with E-state index in [0.717, 1.165) is 6.42 Å². The number of nitrogens with one attached hydrogen (secondary N) is 2. The normalized spacial score (nSPS) is 11.5. The third kappa shape index (κ3) is 4.53. The average Bonchev–Trinajstić information content (AvgIpc) is 2.39. The lowest BCUT2D eigenvalue weighted by Crippen LogP contribution is -2.41. The van der Waals surface area contributed by atoms with Crippen LogP contribution in [0.1, 0.15) is 20.3 Å². The summed E-state index contributed by atoms with van der Waals surface area (Å²) in [6.45, 7) is 4.06. The smallest absolute Gasteiger partial charge is 0.317 e. The number of ether oxygens (including phenoxy) is 2. The quantitative estimate of drug-likeness (QED) is 0.762. The molecule has 0 bridgehead atoms. The summed E-state index contributed by atoms with van der Waals surface area (Å²) in [7, 11) is 1.57. The van der Waals surface area contributed by atoms with Crippen molar-refractivity contribution in [2.45, 2.75) is 26.3 Å². The zero-order valence-electron chi connectivity index (χ0n) is 11.0. The van der Waals surface area contributed by atoms with Gasteiger partial charge in [0.25, 0.3) is 0 Å². The molecule has 0 radical (unpaired) electrons. The van der Waals surface area contributed by atoms with E-state index in [1.54, 1.807) is 19.2 Å². The molecule has 0 saturated carbocycles. The van der Waals surface area contributed by atoms with Crippen LogP contribution in [-0.4, -0.2) is 25.9 Å². The predicted molar refractivity (Wildman–Crippen MR) is 69.9 cm³/mol. The van der Waals surface area contributed by atoms with E-state index in [-0.39, 0.29) is 18.8 Å². The summed E-state index contributed by atoms with van der Waals surface area (Å²) >= 11 is 0. The lowest BCUT2D eigenvalue weighted by Gasteiger charge is -2.14. The maximum Gasteiger partial charge on any atom is 0.317 e. The molecule has 1 atom stereocenters. The van der Waals surface area contributed by atoms with E-state index in [0.29, 0.717) is 11.5 Å². The number of carbonyl (C=O) groups is 1. The highest BCUT2D eigenvalue weighted by atomic mass is 16.5.